The van der Waals surface area contributed by atoms with Gasteiger partial charge in [-0.25, -0.2) is 0 Å². The lowest BCUT2D eigenvalue weighted by molar-refractivity contribution is -0.00153. The highest BCUT2D eigenvalue weighted by Gasteiger charge is 2.06. The molecule has 0 unspecified atom stereocenters. The van der Waals surface area contributed by atoms with Crippen LogP contribution in [0.25, 0.3) is 0 Å². The molecule has 0 spiro atoms. The van der Waals surface area contributed by atoms with Gasteiger partial charge < -0.3 is 43.2 Å². The minimum Gasteiger partial charge on any atom is -0.380 e. The molecule has 0 amide bonds. The van der Waals surface area contributed by atoms with Crippen LogP contribution >= 0.6 is 0 Å². The Hall–Kier alpha value is -0.270. The van der Waals surface area contributed by atoms with E-state index in [4.69, 9.17) is 37.9 Å². The second-order valence-electron chi connectivity index (χ2n) is 8.24. The van der Waals surface area contributed by atoms with E-state index in [1.165, 1.54) is 0 Å². The number of ether oxygens (including phenoxy) is 8. The minimum absolute atomic E-state index is 0.575. The average molecular weight is 532 g/mol. The molecule has 0 rings (SSSR count). The molecule has 0 aromatic carbocycles. The zero-order valence-electron chi connectivity index (χ0n) is 23.9. The van der Waals surface area contributed by atoms with Crippen molar-refractivity contribution in [1.82, 2.24) is 10.2 Å². The molecular formula is C25H54B2N2O8. The van der Waals surface area contributed by atoms with Crippen LogP contribution in [0.2, 0.25) is 26.3 Å². The van der Waals surface area contributed by atoms with Gasteiger partial charge in [0.15, 0.2) is 0 Å². The highest BCUT2D eigenvalue weighted by molar-refractivity contribution is 6.33. The van der Waals surface area contributed by atoms with Crippen molar-refractivity contribution >= 4 is 14.6 Å². The van der Waals surface area contributed by atoms with Crippen molar-refractivity contribution in [3.8, 4) is 0 Å². The summed E-state index contributed by atoms with van der Waals surface area (Å²) in [7, 11) is 6.10. The van der Waals surface area contributed by atoms with Crippen LogP contribution in [-0.2, 0) is 37.9 Å². The molecule has 0 heterocycles. The standard InChI is InChI=1S/C25H54B2N2O8/c1-26-4-10-30-16-22-36-24-20-34-14-8-29(7-13-33-19-18-32-12-6-28-3)9-15-35-21-25-37-23-17-31-11-5-27-2/h28H,4-25H2,1-3H3. The van der Waals surface area contributed by atoms with Gasteiger partial charge in [0.25, 0.3) is 0 Å². The van der Waals surface area contributed by atoms with Crippen molar-refractivity contribution in [1.29, 1.82) is 0 Å². The van der Waals surface area contributed by atoms with Gasteiger partial charge in [0.05, 0.1) is 92.5 Å². The molecule has 0 aliphatic rings. The normalized spacial score (nSPS) is 11.5. The third-order valence-corrected chi connectivity index (χ3v) is 5.11. The number of likely N-dealkylation sites (N-methyl/N-ethyl adjacent to an activating group) is 1. The van der Waals surface area contributed by atoms with Crippen LogP contribution in [0.15, 0.2) is 0 Å². The van der Waals surface area contributed by atoms with E-state index in [1.54, 1.807) is 0 Å². The zero-order valence-corrected chi connectivity index (χ0v) is 23.9. The monoisotopic (exact) mass is 532 g/mol. The first-order valence-corrected chi connectivity index (χ1v) is 13.9. The fourth-order valence-electron chi connectivity index (χ4n) is 2.90. The zero-order chi connectivity index (χ0) is 26.9. The molecule has 10 nitrogen and oxygen atoms in total. The van der Waals surface area contributed by atoms with E-state index >= 15 is 0 Å². The quantitative estimate of drug-likeness (QED) is 0.0976. The van der Waals surface area contributed by atoms with Gasteiger partial charge in [0, 0.05) is 39.4 Å². The van der Waals surface area contributed by atoms with Crippen LogP contribution in [0.4, 0.5) is 0 Å². The SMILES string of the molecule is C[B]CCOCCOCCOCCN(CCOCCOCCNC)CCOCCOCCOCC[B]C. The van der Waals surface area contributed by atoms with Crippen LogP contribution in [0.5, 0.6) is 0 Å². The Morgan fingerprint density at radius 3 is 1.05 bits per heavy atom. The summed E-state index contributed by atoms with van der Waals surface area (Å²) in [4.78, 5) is 2.29. The predicted octanol–water partition coefficient (Wildman–Crippen LogP) is 0.982. The highest BCUT2D eigenvalue weighted by Crippen LogP contribution is 1.93. The first-order valence-electron chi connectivity index (χ1n) is 13.9. The summed E-state index contributed by atoms with van der Waals surface area (Å²) < 4.78 is 44.7. The largest absolute Gasteiger partial charge is 0.380 e. The smallest absolute Gasteiger partial charge is 0.108 e. The lowest BCUT2D eigenvalue weighted by atomic mass is 9.79. The van der Waals surface area contributed by atoms with Crippen molar-refractivity contribution in [3.63, 3.8) is 0 Å². The van der Waals surface area contributed by atoms with Crippen molar-refractivity contribution < 1.29 is 37.9 Å². The number of rotatable bonds is 33. The molecule has 218 valence electrons. The lowest BCUT2D eigenvalue weighted by Crippen LogP contribution is -2.34. The van der Waals surface area contributed by atoms with Crippen molar-refractivity contribution in [2.45, 2.75) is 26.3 Å². The van der Waals surface area contributed by atoms with Crippen molar-refractivity contribution in [2.24, 2.45) is 0 Å². The summed E-state index contributed by atoms with van der Waals surface area (Å²) in [5.41, 5.74) is 0. The third kappa shape index (κ3) is 31.8. The summed E-state index contributed by atoms with van der Waals surface area (Å²) in [6, 6.07) is 0. The molecule has 0 saturated heterocycles. The Morgan fingerprint density at radius 2 is 0.730 bits per heavy atom. The van der Waals surface area contributed by atoms with Gasteiger partial charge in [0.1, 0.15) is 14.6 Å². The summed E-state index contributed by atoms with van der Waals surface area (Å²) in [6.07, 6.45) is 1.95. The van der Waals surface area contributed by atoms with Gasteiger partial charge in [-0.15, -0.1) is 0 Å². The molecule has 37 heavy (non-hydrogen) atoms. The molecular weight excluding hydrogens is 478 g/mol. The molecule has 0 bridgehead atoms. The summed E-state index contributed by atoms with van der Waals surface area (Å²) in [5.74, 6) is 0. The summed E-state index contributed by atoms with van der Waals surface area (Å²) in [6.45, 7) is 17.4. The second kappa shape index (κ2) is 33.8. The summed E-state index contributed by atoms with van der Waals surface area (Å²) in [5, 5.41) is 3.05. The van der Waals surface area contributed by atoms with Gasteiger partial charge in [0.2, 0.25) is 0 Å². The fourth-order valence-corrected chi connectivity index (χ4v) is 2.90. The maximum Gasteiger partial charge on any atom is 0.108 e. The van der Waals surface area contributed by atoms with Crippen LogP contribution < -0.4 is 5.32 Å². The molecule has 12 heteroatoms. The Bertz CT molecular complexity index is 395. The molecule has 0 aliphatic carbocycles. The lowest BCUT2D eigenvalue weighted by Gasteiger charge is -2.22. The van der Waals surface area contributed by atoms with Gasteiger partial charge >= 0.3 is 0 Å². The Labute approximate surface area is 228 Å². The molecule has 0 atom stereocenters. The van der Waals surface area contributed by atoms with Crippen LogP contribution in [0.1, 0.15) is 0 Å². The van der Waals surface area contributed by atoms with Crippen molar-refractivity contribution in [3.05, 3.63) is 0 Å². The van der Waals surface area contributed by atoms with Gasteiger partial charge in [-0.1, -0.05) is 26.3 Å². The van der Waals surface area contributed by atoms with E-state index in [9.17, 15) is 0 Å². The van der Waals surface area contributed by atoms with E-state index in [1.807, 2.05) is 20.7 Å². The van der Waals surface area contributed by atoms with Gasteiger partial charge in [-0.3, -0.25) is 4.90 Å². The first-order chi connectivity index (χ1) is 18.3. The molecule has 0 aliphatic heterocycles. The number of nitrogens with one attached hydrogen (secondary N) is 1. The van der Waals surface area contributed by atoms with E-state index in [0.29, 0.717) is 92.5 Å². The van der Waals surface area contributed by atoms with E-state index in [0.717, 1.165) is 52.0 Å². The maximum atomic E-state index is 5.74. The van der Waals surface area contributed by atoms with Crippen LogP contribution in [0.3, 0.4) is 0 Å². The Morgan fingerprint density at radius 1 is 0.432 bits per heavy atom. The van der Waals surface area contributed by atoms with Crippen LogP contribution in [0, 0.1) is 0 Å². The third-order valence-electron chi connectivity index (χ3n) is 5.11. The number of hydrogen-bond donors (Lipinski definition) is 1. The fraction of sp³-hybridized carbons (Fsp3) is 1.00. The molecule has 0 saturated carbocycles. The molecule has 2 radical (unpaired) electrons. The first kappa shape index (κ1) is 36.7. The minimum atomic E-state index is 0.575. The number of nitrogens with zero attached hydrogens (tertiary/aromatic N) is 1. The maximum absolute atomic E-state index is 5.74. The van der Waals surface area contributed by atoms with Gasteiger partial charge in [-0.05, 0) is 7.05 Å². The second-order valence-corrected chi connectivity index (χ2v) is 8.24. The predicted molar refractivity (Wildman–Crippen MR) is 150 cm³/mol. The molecule has 0 aromatic heterocycles. The summed E-state index contributed by atoms with van der Waals surface area (Å²) >= 11 is 0. The van der Waals surface area contributed by atoms with Gasteiger partial charge in [-0.2, -0.15) is 0 Å². The van der Waals surface area contributed by atoms with E-state index < -0.39 is 0 Å². The number of hydrogen-bond acceptors (Lipinski definition) is 10. The van der Waals surface area contributed by atoms with E-state index in [2.05, 4.69) is 24.8 Å². The Balaban J connectivity index is 3.84. The Kier molecular flexibility index (Phi) is 33.5. The highest BCUT2D eigenvalue weighted by atomic mass is 16.6. The molecule has 1 N–H and O–H groups in total. The topological polar surface area (TPSA) is 89.1 Å². The van der Waals surface area contributed by atoms with E-state index in [-0.39, 0.29) is 0 Å². The molecule has 0 fully saturated rings. The van der Waals surface area contributed by atoms with Crippen molar-refractivity contribution in [2.75, 3.05) is 139 Å². The average Bonchev–Trinajstić information content (AvgIpc) is 2.91. The van der Waals surface area contributed by atoms with Crippen LogP contribution in [-0.4, -0.2) is 158 Å². The molecule has 0 aromatic rings.